The minimum atomic E-state index is -0.901. The summed E-state index contributed by atoms with van der Waals surface area (Å²) >= 11 is 1.33. The molecule has 0 aliphatic heterocycles. The van der Waals surface area contributed by atoms with E-state index in [2.05, 4.69) is 5.32 Å². The summed E-state index contributed by atoms with van der Waals surface area (Å²) in [5, 5.41) is 3.13. The van der Waals surface area contributed by atoms with E-state index >= 15 is 0 Å². The average Bonchev–Trinajstić information content (AvgIpc) is 3.17. The predicted octanol–water partition coefficient (Wildman–Crippen LogP) is 4.24. The van der Waals surface area contributed by atoms with E-state index in [1.807, 2.05) is 19.1 Å². The van der Waals surface area contributed by atoms with Gasteiger partial charge >= 0.3 is 5.97 Å². The SMILES string of the molecule is CC(=O)Nc1sc(C)c(C)c1C(=O)O[C@H](C)C(=O)c1ccc2c(c1)CCC2. The van der Waals surface area contributed by atoms with Gasteiger partial charge in [0.15, 0.2) is 6.10 Å². The molecule has 0 radical (unpaired) electrons. The molecule has 1 aliphatic rings. The highest BCUT2D eigenvalue weighted by Gasteiger charge is 2.26. The van der Waals surface area contributed by atoms with Crippen LogP contribution in [0.25, 0.3) is 0 Å². The van der Waals surface area contributed by atoms with E-state index in [9.17, 15) is 14.4 Å². The van der Waals surface area contributed by atoms with Crippen molar-refractivity contribution in [1.82, 2.24) is 0 Å². The Balaban J connectivity index is 1.78. The summed E-state index contributed by atoms with van der Waals surface area (Å²) in [5.41, 5.74) is 4.14. The number of anilines is 1. The van der Waals surface area contributed by atoms with Crippen molar-refractivity contribution in [3.8, 4) is 0 Å². The van der Waals surface area contributed by atoms with Gasteiger partial charge in [-0.05, 0) is 62.8 Å². The number of amides is 1. The number of Topliss-reactive ketones (excluding diaryl/α,β-unsaturated/α-hetero) is 1. The highest BCUT2D eigenvalue weighted by atomic mass is 32.1. The van der Waals surface area contributed by atoms with Crippen molar-refractivity contribution in [2.45, 2.75) is 53.1 Å². The minimum Gasteiger partial charge on any atom is -0.451 e. The van der Waals surface area contributed by atoms with E-state index < -0.39 is 12.1 Å². The van der Waals surface area contributed by atoms with E-state index in [4.69, 9.17) is 4.74 Å². The van der Waals surface area contributed by atoms with Crippen molar-refractivity contribution in [3.63, 3.8) is 0 Å². The first-order valence-corrected chi connectivity index (χ1v) is 9.84. The highest BCUT2D eigenvalue weighted by Crippen LogP contribution is 2.33. The second kappa shape index (κ2) is 7.64. The third-order valence-electron chi connectivity index (χ3n) is 4.92. The van der Waals surface area contributed by atoms with Crippen molar-refractivity contribution in [1.29, 1.82) is 0 Å². The summed E-state index contributed by atoms with van der Waals surface area (Å²) in [5.74, 6) is -1.07. The van der Waals surface area contributed by atoms with Crippen LogP contribution in [0, 0.1) is 13.8 Å². The molecule has 1 amide bonds. The van der Waals surface area contributed by atoms with Gasteiger partial charge < -0.3 is 10.1 Å². The predicted molar refractivity (Wildman–Crippen MR) is 106 cm³/mol. The first kappa shape index (κ1) is 19.3. The zero-order valence-electron chi connectivity index (χ0n) is 16.0. The number of carbonyl (C=O) groups excluding carboxylic acids is 3. The molecule has 0 unspecified atom stereocenters. The minimum absolute atomic E-state index is 0.219. The van der Waals surface area contributed by atoms with Gasteiger partial charge in [-0.1, -0.05) is 12.1 Å². The molecule has 2 aromatic rings. The number of hydrogen-bond donors (Lipinski definition) is 1. The Hall–Kier alpha value is -2.47. The summed E-state index contributed by atoms with van der Waals surface area (Å²) in [7, 11) is 0. The molecule has 142 valence electrons. The topological polar surface area (TPSA) is 72.5 Å². The zero-order valence-corrected chi connectivity index (χ0v) is 16.8. The second-order valence-electron chi connectivity index (χ2n) is 6.92. The lowest BCUT2D eigenvalue weighted by atomic mass is 10.0. The smallest absolute Gasteiger partial charge is 0.342 e. The van der Waals surface area contributed by atoms with E-state index in [0.717, 1.165) is 29.7 Å². The number of esters is 1. The Morgan fingerprint density at radius 2 is 1.85 bits per heavy atom. The number of benzene rings is 1. The van der Waals surface area contributed by atoms with Crippen LogP contribution in [0.1, 0.15) is 62.6 Å². The molecule has 0 spiro atoms. The Morgan fingerprint density at radius 3 is 2.56 bits per heavy atom. The number of thiophene rings is 1. The molecule has 3 rings (SSSR count). The van der Waals surface area contributed by atoms with Crippen molar-refractivity contribution in [2.75, 3.05) is 5.32 Å². The van der Waals surface area contributed by atoms with Crippen LogP contribution in [0.5, 0.6) is 0 Å². The number of fused-ring (bicyclic) bond motifs is 1. The van der Waals surface area contributed by atoms with Crippen LogP contribution in [0.3, 0.4) is 0 Å². The van der Waals surface area contributed by atoms with Crippen LogP contribution < -0.4 is 5.32 Å². The fourth-order valence-electron chi connectivity index (χ4n) is 3.35. The molecule has 5 nitrogen and oxygen atoms in total. The number of ketones is 1. The van der Waals surface area contributed by atoms with E-state index in [1.54, 1.807) is 19.9 Å². The molecule has 6 heteroatoms. The van der Waals surface area contributed by atoms with Gasteiger partial charge in [0.25, 0.3) is 0 Å². The number of aryl methyl sites for hydroxylation is 3. The van der Waals surface area contributed by atoms with Gasteiger partial charge in [-0.25, -0.2) is 4.79 Å². The van der Waals surface area contributed by atoms with Gasteiger partial charge in [0.1, 0.15) is 5.00 Å². The number of nitrogens with one attached hydrogen (secondary N) is 1. The highest BCUT2D eigenvalue weighted by molar-refractivity contribution is 7.16. The van der Waals surface area contributed by atoms with Gasteiger partial charge in [-0.15, -0.1) is 11.3 Å². The summed E-state index contributed by atoms with van der Waals surface area (Å²) in [6, 6.07) is 5.71. The molecule has 1 atom stereocenters. The lowest BCUT2D eigenvalue weighted by Crippen LogP contribution is -2.25. The largest absolute Gasteiger partial charge is 0.451 e. The van der Waals surface area contributed by atoms with Gasteiger partial charge in [0, 0.05) is 17.4 Å². The summed E-state index contributed by atoms with van der Waals surface area (Å²) in [6.45, 7) is 6.65. The third-order valence-corrected chi connectivity index (χ3v) is 6.04. The second-order valence-corrected chi connectivity index (χ2v) is 8.14. The molecule has 1 heterocycles. The first-order valence-electron chi connectivity index (χ1n) is 9.02. The van der Waals surface area contributed by atoms with Crippen LogP contribution >= 0.6 is 11.3 Å². The summed E-state index contributed by atoms with van der Waals surface area (Å²) < 4.78 is 5.46. The van der Waals surface area contributed by atoms with Crippen molar-refractivity contribution in [3.05, 3.63) is 50.9 Å². The number of hydrogen-bond acceptors (Lipinski definition) is 5. The van der Waals surface area contributed by atoms with E-state index in [0.29, 0.717) is 16.1 Å². The van der Waals surface area contributed by atoms with Crippen LogP contribution in [0.15, 0.2) is 18.2 Å². The van der Waals surface area contributed by atoms with Crippen LogP contribution in [-0.2, 0) is 22.4 Å². The van der Waals surface area contributed by atoms with Crippen LogP contribution in [-0.4, -0.2) is 23.8 Å². The molecule has 1 N–H and O–H groups in total. The molecule has 27 heavy (non-hydrogen) atoms. The van der Waals surface area contributed by atoms with Gasteiger partial charge in [-0.2, -0.15) is 0 Å². The molecule has 0 bridgehead atoms. The first-order chi connectivity index (χ1) is 12.8. The number of ether oxygens (including phenoxy) is 1. The zero-order chi connectivity index (χ0) is 19.7. The standard InChI is InChI=1S/C21H23NO4S/c1-11-13(3)27-20(22-14(4)23)18(11)21(25)26-12(2)19(24)17-9-8-15-6-5-7-16(15)10-17/h8-10,12H,5-7H2,1-4H3,(H,22,23)/t12-/m1/s1. The van der Waals surface area contributed by atoms with E-state index in [1.165, 1.54) is 29.4 Å². The van der Waals surface area contributed by atoms with Crippen LogP contribution in [0.4, 0.5) is 5.00 Å². The van der Waals surface area contributed by atoms with Gasteiger partial charge in [-0.3, -0.25) is 9.59 Å². The molecule has 0 fully saturated rings. The molecule has 1 aliphatic carbocycles. The lowest BCUT2D eigenvalue weighted by molar-refractivity contribution is -0.114. The maximum atomic E-state index is 12.7. The third kappa shape index (κ3) is 3.95. The Morgan fingerprint density at radius 1 is 1.15 bits per heavy atom. The number of carbonyl (C=O) groups is 3. The fraction of sp³-hybridized carbons (Fsp3) is 0.381. The summed E-state index contributed by atoms with van der Waals surface area (Å²) in [4.78, 5) is 37.7. The Kier molecular flexibility index (Phi) is 5.46. The quantitative estimate of drug-likeness (QED) is 0.617. The van der Waals surface area contributed by atoms with Gasteiger partial charge in [0.05, 0.1) is 5.56 Å². The van der Waals surface area contributed by atoms with Crippen molar-refractivity contribution in [2.24, 2.45) is 0 Å². The number of rotatable bonds is 5. The Bertz CT molecular complexity index is 929. The monoisotopic (exact) mass is 385 g/mol. The summed E-state index contributed by atoms with van der Waals surface area (Å²) in [6.07, 6.45) is 2.25. The lowest BCUT2D eigenvalue weighted by Gasteiger charge is -2.14. The molecule has 0 saturated heterocycles. The Labute approximate surface area is 162 Å². The maximum Gasteiger partial charge on any atom is 0.342 e. The van der Waals surface area contributed by atoms with Crippen molar-refractivity contribution < 1.29 is 19.1 Å². The fourth-order valence-corrected chi connectivity index (χ4v) is 4.45. The molecule has 1 aromatic heterocycles. The van der Waals surface area contributed by atoms with E-state index in [-0.39, 0.29) is 11.7 Å². The maximum absolute atomic E-state index is 12.7. The van der Waals surface area contributed by atoms with Crippen LogP contribution in [0.2, 0.25) is 0 Å². The van der Waals surface area contributed by atoms with Gasteiger partial charge in [0.2, 0.25) is 11.7 Å². The molecular weight excluding hydrogens is 362 g/mol. The average molecular weight is 385 g/mol. The molecule has 1 aromatic carbocycles. The normalized spacial score (nSPS) is 13.8. The molecule has 0 saturated carbocycles. The van der Waals surface area contributed by atoms with Crippen molar-refractivity contribution >= 4 is 34.0 Å². The molecular formula is C21H23NO4S.